The van der Waals surface area contributed by atoms with Crippen LogP contribution < -0.4 is 10.1 Å². The van der Waals surface area contributed by atoms with E-state index in [-0.39, 0.29) is 29.5 Å². The van der Waals surface area contributed by atoms with Gasteiger partial charge in [-0.1, -0.05) is 31.1 Å². The van der Waals surface area contributed by atoms with Crippen LogP contribution in [0.4, 0.5) is 0 Å². The molecule has 7 nitrogen and oxygen atoms in total. The van der Waals surface area contributed by atoms with Crippen LogP contribution in [-0.2, 0) is 11.2 Å². The number of ether oxygens (including phenoxy) is 1. The third kappa shape index (κ3) is 4.67. The first kappa shape index (κ1) is 18.9. The number of aromatic nitrogens is 1. The van der Waals surface area contributed by atoms with Gasteiger partial charge in [0.05, 0.1) is 18.8 Å². The Bertz CT molecular complexity index is 798. The standard InChI is InChI=1S/C20H25N3O4/c1-13(2)17-11-18(27-22-17)20(25)21-15-10-19(24)23(12-15)9-8-14-4-6-16(26-3)7-5-14/h4-7,11,13,15H,8-10,12H2,1-3H3,(H,21,25)/t15-/m0/s1. The van der Waals surface area contributed by atoms with Crippen LogP contribution >= 0.6 is 0 Å². The van der Waals surface area contributed by atoms with Gasteiger partial charge in [0.1, 0.15) is 5.75 Å². The fraction of sp³-hybridized carbons (Fsp3) is 0.450. The number of carbonyl (C=O) groups excluding carboxylic acids is 2. The maximum absolute atomic E-state index is 12.3. The van der Waals surface area contributed by atoms with Gasteiger partial charge in [-0.25, -0.2) is 0 Å². The summed E-state index contributed by atoms with van der Waals surface area (Å²) >= 11 is 0. The van der Waals surface area contributed by atoms with Crippen molar-refractivity contribution >= 4 is 11.8 Å². The molecule has 1 aromatic heterocycles. The molecule has 144 valence electrons. The molecule has 1 aromatic carbocycles. The lowest BCUT2D eigenvalue weighted by molar-refractivity contribution is -0.127. The Hall–Kier alpha value is -2.83. The number of benzene rings is 1. The van der Waals surface area contributed by atoms with E-state index in [2.05, 4.69) is 10.5 Å². The largest absolute Gasteiger partial charge is 0.497 e. The van der Waals surface area contributed by atoms with Crippen LogP contribution in [0.15, 0.2) is 34.9 Å². The number of hydrogen-bond acceptors (Lipinski definition) is 5. The van der Waals surface area contributed by atoms with E-state index in [9.17, 15) is 9.59 Å². The Kier molecular flexibility index (Phi) is 5.78. The molecule has 7 heteroatoms. The smallest absolute Gasteiger partial charge is 0.290 e. The van der Waals surface area contributed by atoms with Crippen molar-refractivity contribution in [1.82, 2.24) is 15.4 Å². The first-order chi connectivity index (χ1) is 13.0. The van der Waals surface area contributed by atoms with Crippen molar-refractivity contribution in [2.45, 2.75) is 38.6 Å². The zero-order chi connectivity index (χ0) is 19.4. The van der Waals surface area contributed by atoms with Crippen molar-refractivity contribution in [2.75, 3.05) is 20.2 Å². The van der Waals surface area contributed by atoms with Crippen LogP contribution in [-0.4, -0.2) is 48.1 Å². The quantitative estimate of drug-likeness (QED) is 0.808. The van der Waals surface area contributed by atoms with Crippen LogP contribution in [0, 0.1) is 0 Å². The topological polar surface area (TPSA) is 84.7 Å². The Morgan fingerprint density at radius 2 is 2.11 bits per heavy atom. The third-order valence-electron chi connectivity index (χ3n) is 4.72. The predicted octanol–water partition coefficient (Wildman–Crippen LogP) is 2.38. The Morgan fingerprint density at radius 1 is 1.37 bits per heavy atom. The number of amides is 2. The fourth-order valence-corrected chi connectivity index (χ4v) is 3.07. The molecule has 1 aliphatic rings. The summed E-state index contributed by atoms with van der Waals surface area (Å²) in [5.41, 5.74) is 1.88. The van der Waals surface area contributed by atoms with Gasteiger partial charge in [-0.2, -0.15) is 0 Å². The van der Waals surface area contributed by atoms with Gasteiger partial charge in [0, 0.05) is 25.6 Å². The average Bonchev–Trinajstić information content (AvgIpc) is 3.27. The normalized spacial score (nSPS) is 16.8. The van der Waals surface area contributed by atoms with Crippen LogP contribution in [0.5, 0.6) is 5.75 Å². The number of rotatable bonds is 7. The lowest BCUT2D eigenvalue weighted by atomic mass is 10.1. The maximum atomic E-state index is 12.3. The second-order valence-electron chi connectivity index (χ2n) is 7.08. The highest BCUT2D eigenvalue weighted by molar-refractivity contribution is 5.92. The first-order valence-corrected chi connectivity index (χ1v) is 9.14. The second kappa shape index (κ2) is 8.24. The van der Waals surface area contributed by atoms with Crippen molar-refractivity contribution in [3.63, 3.8) is 0 Å². The SMILES string of the molecule is COc1ccc(CCN2C[C@@H](NC(=O)c3cc(C(C)C)no3)CC2=O)cc1. The molecule has 1 N–H and O–H groups in total. The number of hydrogen-bond donors (Lipinski definition) is 1. The van der Waals surface area contributed by atoms with Crippen LogP contribution in [0.25, 0.3) is 0 Å². The van der Waals surface area contributed by atoms with E-state index in [1.807, 2.05) is 38.1 Å². The van der Waals surface area contributed by atoms with Gasteiger partial charge in [-0.3, -0.25) is 9.59 Å². The summed E-state index contributed by atoms with van der Waals surface area (Å²) in [6.07, 6.45) is 1.07. The average molecular weight is 371 g/mol. The number of nitrogens with one attached hydrogen (secondary N) is 1. The van der Waals surface area contributed by atoms with Gasteiger partial charge in [-0.05, 0) is 30.0 Å². The Morgan fingerprint density at radius 3 is 2.74 bits per heavy atom. The molecule has 1 saturated heterocycles. The first-order valence-electron chi connectivity index (χ1n) is 9.14. The van der Waals surface area contributed by atoms with Gasteiger partial charge in [0.25, 0.3) is 5.91 Å². The van der Waals surface area contributed by atoms with E-state index in [1.165, 1.54) is 0 Å². The lowest BCUT2D eigenvalue weighted by Crippen LogP contribution is -2.37. The molecular formula is C20H25N3O4. The molecule has 1 aliphatic heterocycles. The van der Waals surface area contributed by atoms with E-state index in [4.69, 9.17) is 9.26 Å². The molecule has 2 heterocycles. The van der Waals surface area contributed by atoms with Crippen molar-refractivity contribution in [3.8, 4) is 5.75 Å². The highest BCUT2D eigenvalue weighted by Crippen LogP contribution is 2.17. The number of likely N-dealkylation sites (tertiary alicyclic amines) is 1. The summed E-state index contributed by atoms with van der Waals surface area (Å²) in [7, 11) is 1.63. The minimum atomic E-state index is -0.329. The molecule has 2 amide bonds. The van der Waals surface area contributed by atoms with Crippen molar-refractivity contribution in [2.24, 2.45) is 0 Å². The molecule has 1 atom stereocenters. The highest BCUT2D eigenvalue weighted by Gasteiger charge is 2.31. The Balaban J connectivity index is 1.51. The molecule has 2 aromatic rings. The molecule has 0 saturated carbocycles. The van der Waals surface area contributed by atoms with Crippen LogP contribution in [0.2, 0.25) is 0 Å². The number of carbonyl (C=O) groups is 2. The number of nitrogens with zero attached hydrogens (tertiary/aromatic N) is 2. The molecular weight excluding hydrogens is 346 g/mol. The summed E-state index contributed by atoms with van der Waals surface area (Å²) in [4.78, 5) is 26.3. The number of methoxy groups -OCH3 is 1. The van der Waals surface area contributed by atoms with Gasteiger partial charge < -0.3 is 19.5 Å². The zero-order valence-corrected chi connectivity index (χ0v) is 15.9. The van der Waals surface area contributed by atoms with Gasteiger partial charge in [-0.15, -0.1) is 0 Å². The molecule has 0 spiro atoms. The molecule has 0 bridgehead atoms. The molecule has 27 heavy (non-hydrogen) atoms. The predicted molar refractivity (Wildman–Crippen MR) is 99.7 cm³/mol. The van der Waals surface area contributed by atoms with Crippen molar-refractivity contribution in [3.05, 3.63) is 47.3 Å². The molecule has 1 fully saturated rings. The summed E-state index contributed by atoms with van der Waals surface area (Å²) < 4.78 is 10.3. The summed E-state index contributed by atoms with van der Waals surface area (Å²) in [5, 5.41) is 6.76. The molecule has 0 aliphatic carbocycles. The Labute approximate surface area is 158 Å². The van der Waals surface area contributed by atoms with Crippen molar-refractivity contribution < 1.29 is 18.8 Å². The van der Waals surface area contributed by atoms with E-state index in [0.29, 0.717) is 19.5 Å². The van der Waals surface area contributed by atoms with Crippen LogP contribution in [0.3, 0.4) is 0 Å². The fourth-order valence-electron chi connectivity index (χ4n) is 3.07. The maximum Gasteiger partial charge on any atom is 0.290 e. The monoisotopic (exact) mass is 371 g/mol. The van der Waals surface area contributed by atoms with Gasteiger partial charge in [0.2, 0.25) is 11.7 Å². The molecule has 3 rings (SSSR count). The van der Waals surface area contributed by atoms with Gasteiger partial charge in [0.15, 0.2) is 0 Å². The summed E-state index contributed by atoms with van der Waals surface area (Å²) in [5.74, 6) is 0.907. The van der Waals surface area contributed by atoms with E-state index in [1.54, 1.807) is 18.1 Å². The molecule has 0 radical (unpaired) electrons. The van der Waals surface area contributed by atoms with E-state index < -0.39 is 0 Å². The summed E-state index contributed by atoms with van der Waals surface area (Å²) in [6.45, 7) is 5.09. The highest BCUT2D eigenvalue weighted by atomic mass is 16.5. The van der Waals surface area contributed by atoms with E-state index in [0.717, 1.165) is 23.4 Å². The van der Waals surface area contributed by atoms with Crippen LogP contribution in [0.1, 0.15) is 48.0 Å². The third-order valence-corrected chi connectivity index (χ3v) is 4.72. The minimum Gasteiger partial charge on any atom is -0.497 e. The van der Waals surface area contributed by atoms with Crippen molar-refractivity contribution in [1.29, 1.82) is 0 Å². The second-order valence-corrected chi connectivity index (χ2v) is 7.08. The lowest BCUT2D eigenvalue weighted by Gasteiger charge is -2.17. The summed E-state index contributed by atoms with van der Waals surface area (Å²) in [6, 6.07) is 9.25. The molecule has 0 unspecified atom stereocenters. The zero-order valence-electron chi connectivity index (χ0n) is 15.9. The minimum absolute atomic E-state index is 0.0502. The van der Waals surface area contributed by atoms with Gasteiger partial charge >= 0.3 is 0 Å². The van der Waals surface area contributed by atoms with E-state index >= 15 is 0 Å².